The number of anilines is 2. The molecular formula is C21H19ClN2O5. The van der Waals surface area contributed by atoms with E-state index in [0.717, 1.165) is 17.7 Å². The highest BCUT2D eigenvalue weighted by Crippen LogP contribution is 2.32. The van der Waals surface area contributed by atoms with E-state index in [9.17, 15) is 19.5 Å². The van der Waals surface area contributed by atoms with Crippen molar-refractivity contribution in [1.82, 2.24) is 0 Å². The standard InChI is InChI=1S/C21H19ClN2O5/c1-2-3-12-29-21(28)13-8-10-14(11-9-13)24-19(26)17(22)18(20(24)27)23-15-6-4-5-7-16(15)25/h4-11,23,25H,2-3,12H2,1H3. The number of hydrogen-bond acceptors (Lipinski definition) is 6. The number of hydrogen-bond donors (Lipinski definition) is 2. The van der Waals surface area contributed by atoms with Crippen molar-refractivity contribution >= 4 is 40.8 Å². The molecule has 7 nitrogen and oxygen atoms in total. The van der Waals surface area contributed by atoms with Gasteiger partial charge in [-0.25, -0.2) is 9.69 Å². The summed E-state index contributed by atoms with van der Waals surface area (Å²) >= 11 is 6.07. The van der Waals surface area contributed by atoms with Gasteiger partial charge in [0.15, 0.2) is 0 Å². The summed E-state index contributed by atoms with van der Waals surface area (Å²) in [7, 11) is 0. The number of unbranched alkanes of at least 4 members (excludes halogenated alkanes) is 1. The van der Waals surface area contributed by atoms with Gasteiger partial charge in [0.25, 0.3) is 11.8 Å². The molecule has 0 aromatic heterocycles. The second-order valence-corrected chi connectivity index (χ2v) is 6.69. The van der Waals surface area contributed by atoms with Crippen LogP contribution in [0.5, 0.6) is 5.75 Å². The third-order valence-electron chi connectivity index (χ3n) is 4.28. The highest BCUT2D eigenvalue weighted by Gasteiger charge is 2.39. The van der Waals surface area contributed by atoms with Gasteiger partial charge in [-0.2, -0.15) is 0 Å². The molecule has 0 radical (unpaired) electrons. The van der Waals surface area contributed by atoms with E-state index < -0.39 is 17.8 Å². The molecular weight excluding hydrogens is 396 g/mol. The molecule has 29 heavy (non-hydrogen) atoms. The fraction of sp³-hybridized carbons (Fsp3) is 0.190. The molecule has 0 unspecified atom stereocenters. The van der Waals surface area contributed by atoms with Crippen molar-refractivity contribution in [3.05, 3.63) is 64.8 Å². The van der Waals surface area contributed by atoms with Crippen LogP contribution in [0.25, 0.3) is 0 Å². The van der Waals surface area contributed by atoms with Crippen LogP contribution >= 0.6 is 11.6 Å². The van der Waals surface area contributed by atoms with Crippen molar-refractivity contribution in [3.63, 3.8) is 0 Å². The summed E-state index contributed by atoms with van der Waals surface area (Å²) in [6.45, 7) is 2.33. The molecule has 1 aliphatic rings. The summed E-state index contributed by atoms with van der Waals surface area (Å²) in [6.07, 6.45) is 1.69. The molecule has 3 rings (SSSR count). The zero-order valence-corrected chi connectivity index (χ0v) is 16.4. The van der Waals surface area contributed by atoms with Crippen LogP contribution < -0.4 is 10.2 Å². The normalized spacial score (nSPS) is 13.8. The van der Waals surface area contributed by atoms with Crippen molar-refractivity contribution in [1.29, 1.82) is 0 Å². The number of benzene rings is 2. The van der Waals surface area contributed by atoms with Gasteiger partial charge in [-0.05, 0) is 42.8 Å². The summed E-state index contributed by atoms with van der Waals surface area (Å²) in [5.74, 6) is -1.93. The van der Waals surface area contributed by atoms with E-state index in [0.29, 0.717) is 12.2 Å². The van der Waals surface area contributed by atoms with Gasteiger partial charge in [0.2, 0.25) is 0 Å². The number of phenols is 1. The number of carbonyl (C=O) groups is 3. The number of amides is 2. The largest absolute Gasteiger partial charge is 0.506 e. The molecule has 0 fully saturated rings. The number of halogens is 1. The van der Waals surface area contributed by atoms with Crippen molar-refractivity contribution in [3.8, 4) is 5.75 Å². The Morgan fingerprint density at radius 2 is 1.79 bits per heavy atom. The summed E-state index contributed by atoms with van der Waals surface area (Å²) < 4.78 is 5.14. The number of para-hydroxylation sites is 2. The molecule has 150 valence electrons. The number of carbonyl (C=O) groups excluding carboxylic acids is 3. The lowest BCUT2D eigenvalue weighted by Crippen LogP contribution is -2.32. The molecule has 2 aromatic rings. The number of esters is 1. The molecule has 2 N–H and O–H groups in total. The first kappa shape index (κ1) is 20.4. The molecule has 0 saturated heterocycles. The van der Waals surface area contributed by atoms with Gasteiger partial charge in [-0.3, -0.25) is 9.59 Å². The molecule has 0 spiro atoms. The van der Waals surface area contributed by atoms with Crippen LogP contribution in [-0.4, -0.2) is 29.5 Å². The number of nitrogens with zero attached hydrogens (tertiary/aromatic N) is 1. The molecule has 0 aliphatic carbocycles. The fourth-order valence-corrected chi connectivity index (χ4v) is 2.91. The van der Waals surface area contributed by atoms with Crippen LogP contribution in [0.4, 0.5) is 11.4 Å². The average molecular weight is 415 g/mol. The third kappa shape index (κ3) is 4.25. The first-order chi connectivity index (χ1) is 13.9. The van der Waals surface area contributed by atoms with E-state index in [-0.39, 0.29) is 27.9 Å². The maximum atomic E-state index is 12.8. The Morgan fingerprint density at radius 1 is 1.10 bits per heavy atom. The van der Waals surface area contributed by atoms with E-state index in [2.05, 4.69) is 5.32 Å². The van der Waals surface area contributed by atoms with Crippen LogP contribution in [-0.2, 0) is 14.3 Å². The van der Waals surface area contributed by atoms with Crippen molar-refractivity contribution in [2.45, 2.75) is 19.8 Å². The van der Waals surface area contributed by atoms with E-state index >= 15 is 0 Å². The second-order valence-electron chi connectivity index (χ2n) is 6.31. The number of phenolic OH excluding ortho intramolecular Hbond substituents is 1. The lowest BCUT2D eigenvalue weighted by Gasteiger charge is -2.15. The van der Waals surface area contributed by atoms with Crippen molar-refractivity contribution in [2.75, 3.05) is 16.8 Å². The predicted molar refractivity (Wildman–Crippen MR) is 109 cm³/mol. The second kappa shape index (κ2) is 8.79. The lowest BCUT2D eigenvalue weighted by atomic mass is 10.2. The van der Waals surface area contributed by atoms with Crippen molar-refractivity contribution in [2.24, 2.45) is 0 Å². The zero-order chi connectivity index (χ0) is 21.0. The number of imide groups is 1. The number of rotatable bonds is 7. The zero-order valence-electron chi connectivity index (χ0n) is 15.6. The molecule has 0 atom stereocenters. The third-order valence-corrected chi connectivity index (χ3v) is 4.63. The smallest absolute Gasteiger partial charge is 0.338 e. The Labute approximate surface area is 172 Å². The number of aromatic hydroxyl groups is 1. The van der Waals surface area contributed by atoms with Gasteiger partial charge in [0, 0.05) is 0 Å². The number of nitrogens with one attached hydrogen (secondary N) is 1. The molecule has 0 saturated carbocycles. The van der Waals surface area contributed by atoms with E-state index in [1.807, 2.05) is 6.92 Å². The fourth-order valence-electron chi connectivity index (χ4n) is 2.70. The first-order valence-electron chi connectivity index (χ1n) is 9.04. The van der Waals surface area contributed by atoms with E-state index in [1.165, 1.54) is 30.3 Å². The Kier molecular flexibility index (Phi) is 6.19. The van der Waals surface area contributed by atoms with Crippen LogP contribution in [0.1, 0.15) is 30.1 Å². The van der Waals surface area contributed by atoms with Gasteiger partial charge in [0.05, 0.1) is 23.5 Å². The Balaban J connectivity index is 1.77. The molecule has 2 aromatic carbocycles. The highest BCUT2D eigenvalue weighted by molar-refractivity contribution is 6.53. The minimum absolute atomic E-state index is 0.0888. The van der Waals surface area contributed by atoms with Crippen LogP contribution in [0.2, 0.25) is 0 Å². The van der Waals surface area contributed by atoms with Gasteiger partial charge >= 0.3 is 5.97 Å². The van der Waals surface area contributed by atoms with Gasteiger partial charge in [0.1, 0.15) is 16.5 Å². The summed E-state index contributed by atoms with van der Waals surface area (Å²) in [5.41, 5.74) is 0.683. The summed E-state index contributed by atoms with van der Waals surface area (Å²) in [4.78, 5) is 38.2. The molecule has 2 amide bonds. The van der Waals surface area contributed by atoms with Crippen LogP contribution in [0.15, 0.2) is 59.3 Å². The quantitative estimate of drug-likeness (QED) is 0.310. The van der Waals surface area contributed by atoms with Crippen LogP contribution in [0.3, 0.4) is 0 Å². The van der Waals surface area contributed by atoms with Gasteiger partial charge < -0.3 is 15.2 Å². The maximum Gasteiger partial charge on any atom is 0.338 e. The highest BCUT2D eigenvalue weighted by atomic mass is 35.5. The average Bonchev–Trinajstić information content (AvgIpc) is 2.93. The first-order valence-corrected chi connectivity index (χ1v) is 9.42. The molecule has 1 heterocycles. The topological polar surface area (TPSA) is 95.9 Å². The Bertz CT molecular complexity index is 985. The minimum atomic E-state index is -0.701. The SMILES string of the molecule is CCCCOC(=O)c1ccc(N2C(=O)C(Cl)=C(Nc3ccccc3O)C2=O)cc1. The van der Waals surface area contributed by atoms with Gasteiger partial charge in [-0.15, -0.1) is 0 Å². The predicted octanol–water partition coefficient (Wildman–Crippen LogP) is 3.78. The van der Waals surface area contributed by atoms with Crippen molar-refractivity contribution < 1.29 is 24.2 Å². The van der Waals surface area contributed by atoms with E-state index in [1.54, 1.807) is 18.2 Å². The maximum absolute atomic E-state index is 12.8. The van der Waals surface area contributed by atoms with E-state index in [4.69, 9.17) is 16.3 Å². The monoisotopic (exact) mass is 414 g/mol. The summed E-state index contributed by atoms with van der Waals surface area (Å²) in [5, 5.41) is 12.3. The molecule has 0 bridgehead atoms. The molecule has 1 aliphatic heterocycles. The van der Waals surface area contributed by atoms with Crippen LogP contribution in [0, 0.1) is 0 Å². The lowest BCUT2D eigenvalue weighted by molar-refractivity contribution is -0.120. The number of ether oxygens (including phenoxy) is 1. The Morgan fingerprint density at radius 3 is 2.45 bits per heavy atom. The molecule has 8 heteroatoms. The van der Waals surface area contributed by atoms with Gasteiger partial charge in [-0.1, -0.05) is 37.1 Å². The Hall–Kier alpha value is -3.32. The minimum Gasteiger partial charge on any atom is -0.506 e. The summed E-state index contributed by atoms with van der Waals surface area (Å²) in [6, 6.07) is 12.2.